The monoisotopic (exact) mass is 303 g/mol. The van der Waals surface area contributed by atoms with Crippen molar-refractivity contribution >= 4 is 17.8 Å². The molecule has 0 aromatic heterocycles. The van der Waals surface area contributed by atoms with E-state index in [1.807, 2.05) is 31.2 Å². The summed E-state index contributed by atoms with van der Waals surface area (Å²) in [6.45, 7) is 1.97. The number of aryl methyl sites for hydroxylation is 1. The lowest BCUT2D eigenvalue weighted by Gasteiger charge is -2.05. The first kappa shape index (κ1) is 15.6. The lowest BCUT2D eigenvalue weighted by atomic mass is 10.2. The minimum Gasteiger partial charge on any atom is -0.376 e. The lowest BCUT2D eigenvalue weighted by Crippen LogP contribution is -2.25. The van der Waals surface area contributed by atoms with Gasteiger partial charge in [-0.3, -0.25) is 4.79 Å². The van der Waals surface area contributed by atoms with E-state index in [0.29, 0.717) is 0 Å². The average Bonchev–Trinajstić information content (AvgIpc) is 2.50. The summed E-state index contributed by atoms with van der Waals surface area (Å²) in [7, 11) is 0. The van der Waals surface area contributed by atoms with Crippen LogP contribution >= 0.6 is 0 Å². The molecule has 0 radical (unpaired) electrons. The summed E-state index contributed by atoms with van der Waals surface area (Å²) < 4.78 is 26.6. The second kappa shape index (κ2) is 7.31. The third-order valence-electron chi connectivity index (χ3n) is 2.89. The molecule has 0 saturated heterocycles. The maximum Gasteiger partial charge on any atom is 0.259 e. The van der Waals surface area contributed by atoms with Crippen molar-refractivity contribution < 1.29 is 13.6 Å². The molecule has 22 heavy (non-hydrogen) atoms. The topological polar surface area (TPSA) is 53.5 Å². The maximum atomic E-state index is 13.3. The number of halogens is 2. The molecular formula is C16H15F2N3O. The second-order valence-electron chi connectivity index (χ2n) is 4.65. The van der Waals surface area contributed by atoms with Gasteiger partial charge in [0.15, 0.2) is 0 Å². The Morgan fingerprint density at radius 1 is 1.14 bits per heavy atom. The number of nitrogens with one attached hydrogen (secondary N) is 2. The van der Waals surface area contributed by atoms with Gasteiger partial charge in [0.05, 0.1) is 18.3 Å². The molecule has 0 fully saturated rings. The highest BCUT2D eigenvalue weighted by Gasteiger charge is 2.05. The number of rotatable bonds is 5. The number of amides is 1. The largest absolute Gasteiger partial charge is 0.376 e. The lowest BCUT2D eigenvalue weighted by molar-refractivity contribution is -0.119. The first-order chi connectivity index (χ1) is 10.6. The van der Waals surface area contributed by atoms with Crippen molar-refractivity contribution in [2.45, 2.75) is 6.92 Å². The fourth-order valence-corrected chi connectivity index (χ4v) is 1.70. The summed E-state index contributed by atoms with van der Waals surface area (Å²) in [6.07, 6.45) is 0.939. The van der Waals surface area contributed by atoms with Crippen LogP contribution in [0.2, 0.25) is 0 Å². The molecule has 6 heteroatoms. The number of anilines is 1. The summed E-state index contributed by atoms with van der Waals surface area (Å²) in [6, 6.07) is 11.0. The molecule has 2 N–H and O–H groups in total. The van der Waals surface area contributed by atoms with Crippen molar-refractivity contribution in [3.8, 4) is 0 Å². The van der Waals surface area contributed by atoms with E-state index in [0.717, 1.165) is 29.6 Å². The minimum atomic E-state index is -0.740. The van der Waals surface area contributed by atoms with E-state index in [2.05, 4.69) is 15.8 Å². The summed E-state index contributed by atoms with van der Waals surface area (Å²) in [5, 5.41) is 6.45. The fraction of sp³-hybridized carbons (Fsp3) is 0.125. The van der Waals surface area contributed by atoms with Crippen molar-refractivity contribution in [3.05, 3.63) is 65.2 Å². The van der Waals surface area contributed by atoms with Gasteiger partial charge in [-0.2, -0.15) is 5.10 Å². The van der Waals surface area contributed by atoms with Gasteiger partial charge in [0, 0.05) is 5.69 Å². The first-order valence-corrected chi connectivity index (χ1v) is 6.63. The summed E-state index contributed by atoms with van der Waals surface area (Å²) >= 11 is 0. The Bertz CT molecular complexity index is 664. The van der Waals surface area contributed by atoms with Crippen LogP contribution in [0.3, 0.4) is 0 Å². The SMILES string of the molecule is Cc1ccc(NCC(=O)N/N=C/c2c(F)cccc2F)cc1. The zero-order chi connectivity index (χ0) is 15.9. The molecule has 0 aliphatic heterocycles. The normalized spacial score (nSPS) is 10.7. The predicted octanol–water partition coefficient (Wildman–Crippen LogP) is 2.84. The van der Waals surface area contributed by atoms with Crippen LogP contribution in [0.25, 0.3) is 0 Å². The second-order valence-corrected chi connectivity index (χ2v) is 4.65. The number of hydrogen-bond acceptors (Lipinski definition) is 3. The molecular weight excluding hydrogens is 288 g/mol. The molecule has 2 aromatic rings. The standard InChI is InChI=1S/C16H15F2N3O/c1-11-5-7-12(8-6-11)19-10-16(22)21-20-9-13-14(17)3-2-4-15(13)18/h2-9,19H,10H2,1H3,(H,21,22)/b20-9+. The predicted molar refractivity (Wildman–Crippen MR) is 81.8 cm³/mol. The number of carbonyl (C=O) groups is 1. The van der Waals surface area contributed by atoms with Crippen LogP contribution in [-0.2, 0) is 4.79 Å². The van der Waals surface area contributed by atoms with Crippen LogP contribution in [0, 0.1) is 18.6 Å². The van der Waals surface area contributed by atoms with Crippen LogP contribution in [0.5, 0.6) is 0 Å². The Kier molecular flexibility index (Phi) is 5.19. The van der Waals surface area contributed by atoms with Crippen LogP contribution in [-0.4, -0.2) is 18.7 Å². The molecule has 0 spiro atoms. The maximum absolute atomic E-state index is 13.3. The molecule has 0 heterocycles. The van der Waals surface area contributed by atoms with Crippen molar-refractivity contribution in [2.75, 3.05) is 11.9 Å². The number of hydrogen-bond donors (Lipinski definition) is 2. The Morgan fingerprint density at radius 2 is 1.77 bits per heavy atom. The van der Waals surface area contributed by atoms with Gasteiger partial charge in [0.25, 0.3) is 5.91 Å². The summed E-state index contributed by atoms with van der Waals surface area (Å²) in [5.41, 5.74) is 3.82. The molecule has 0 aliphatic carbocycles. The molecule has 0 unspecified atom stereocenters. The van der Waals surface area contributed by atoms with E-state index >= 15 is 0 Å². The van der Waals surface area contributed by atoms with Crippen molar-refractivity contribution in [3.63, 3.8) is 0 Å². The molecule has 0 saturated carbocycles. The van der Waals surface area contributed by atoms with E-state index in [4.69, 9.17) is 0 Å². The van der Waals surface area contributed by atoms with Crippen molar-refractivity contribution in [1.29, 1.82) is 0 Å². The zero-order valence-corrected chi connectivity index (χ0v) is 11.9. The Balaban J connectivity index is 1.85. The molecule has 0 bridgehead atoms. The molecule has 0 atom stereocenters. The number of benzene rings is 2. The van der Waals surface area contributed by atoms with Gasteiger partial charge < -0.3 is 5.32 Å². The van der Waals surface area contributed by atoms with Gasteiger partial charge in [-0.05, 0) is 31.2 Å². The van der Waals surface area contributed by atoms with Crippen LogP contribution < -0.4 is 10.7 Å². The highest BCUT2D eigenvalue weighted by atomic mass is 19.1. The fourth-order valence-electron chi connectivity index (χ4n) is 1.70. The molecule has 0 aliphatic rings. The Hall–Kier alpha value is -2.76. The highest BCUT2D eigenvalue weighted by molar-refractivity contribution is 5.84. The first-order valence-electron chi connectivity index (χ1n) is 6.63. The molecule has 4 nitrogen and oxygen atoms in total. The number of carbonyl (C=O) groups excluding carboxylic acids is 1. The van der Waals surface area contributed by atoms with E-state index in [1.165, 1.54) is 6.07 Å². The third-order valence-corrected chi connectivity index (χ3v) is 2.89. The highest BCUT2D eigenvalue weighted by Crippen LogP contribution is 2.09. The van der Waals surface area contributed by atoms with Gasteiger partial charge in [0.2, 0.25) is 0 Å². The van der Waals surface area contributed by atoms with Gasteiger partial charge >= 0.3 is 0 Å². The Labute approximate surface area is 126 Å². The van der Waals surface area contributed by atoms with Gasteiger partial charge in [0.1, 0.15) is 11.6 Å². The van der Waals surface area contributed by atoms with E-state index in [1.54, 1.807) is 0 Å². The van der Waals surface area contributed by atoms with Crippen LogP contribution in [0.4, 0.5) is 14.5 Å². The molecule has 1 amide bonds. The van der Waals surface area contributed by atoms with Crippen molar-refractivity contribution in [1.82, 2.24) is 5.43 Å². The van der Waals surface area contributed by atoms with Crippen LogP contribution in [0.1, 0.15) is 11.1 Å². The van der Waals surface area contributed by atoms with Crippen LogP contribution in [0.15, 0.2) is 47.6 Å². The number of nitrogens with zero attached hydrogens (tertiary/aromatic N) is 1. The summed E-state index contributed by atoms with van der Waals surface area (Å²) in [4.78, 5) is 11.6. The van der Waals surface area contributed by atoms with E-state index in [-0.39, 0.29) is 12.1 Å². The van der Waals surface area contributed by atoms with Crippen molar-refractivity contribution in [2.24, 2.45) is 5.10 Å². The summed E-state index contributed by atoms with van der Waals surface area (Å²) in [5.74, 6) is -1.90. The molecule has 114 valence electrons. The third kappa shape index (κ3) is 4.37. The minimum absolute atomic E-state index is 0.000154. The van der Waals surface area contributed by atoms with E-state index < -0.39 is 17.5 Å². The Morgan fingerprint density at radius 3 is 2.41 bits per heavy atom. The molecule has 2 rings (SSSR count). The molecule has 2 aromatic carbocycles. The van der Waals surface area contributed by atoms with E-state index in [9.17, 15) is 13.6 Å². The smallest absolute Gasteiger partial charge is 0.259 e. The number of hydrazone groups is 1. The quantitative estimate of drug-likeness (QED) is 0.659. The van der Waals surface area contributed by atoms with Gasteiger partial charge in [-0.25, -0.2) is 14.2 Å². The van der Waals surface area contributed by atoms with Gasteiger partial charge in [-0.15, -0.1) is 0 Å². The zero-order valence-electron chi connectivity index (χ0n) is 11.9. The van der Waals surface area contributed by atoms with Gasteiger partial charge in [-0.1, -0.05) is 23.8 Å². The average molecular weight is 303 g/mol.